The number of aryl methyl sites for hydroxylation is 1. The van der Waals surface area contributed by atoms with Crippen molar-refractivity contribution in [2.45, 2.75) is 52.6 Å². The van der Waals surface area contributed by atoms with Gasteiger partial charge in [-0.25, -0.2) is 4.98 Å². The third kappa shape index (κ3) is 7.22. The number of benzene rings is 1. The summed E-state index contributed by atoms with van der Waals surface area (Å²) in [5.41, 5.74) is 2.96. The first-order valence-electron chi connectivity index (χ1n) is 10.5. The summed E-state index contributed by atoms with van der Waals surface area (Å²) in [5.74, 6) is 0.902. The number of aromatic nitrogens is 1. The largest absolute Gasteiger partial charge is 0.357 e. The molecule has 160 valence electrons. The number of rotatable bonds is 8. The number of nitrogens with one attached hydrogen (secondary N) is 2. The number of hydrogen-bond acceptors (Lipinski definition) is 4. The zero-order chi connectivity index (χ0) is 19.8. The minimum absolute atomic E-state index is 0. The molecule has 2 aromatic rings. The topological polar surface area (TPSA) is 52.6 Å². The van der Waals surface area contributed by atoms with Gasteiger partial charge in [0, 0.05) is 49.7 Å². The Balaban J connectivity index is 0.00000300. The number of nitrogens with zero attached hydrogens (tertiary/aromatic N) is 3. The van der Waals surface area contributed by atoms with Crippen LogP contribution in [0.25, 0.3) is 0 Å². The highest BCUT2D eigenvalue weighted by Crippen LogP contribution is 2.20. The molecule has 0 saturated heterocycles. The highest BCUT2D eigenvalue weighted by molar-refractivity contribution is 14.0. The van der Waals surface area contributed by atoms with Crippen LogP contribution < -0.4 is 10.6 Å². The van der Waals surface area contributed by atoms with E-state index in [1.807, 2.05) is 17.5 Å². The van der Waals surface area contributed by atoms with E-state index in [1.54, 1.807) is 0 Å². The van der Waals surface area contributed by atoms with Gasteiger partial charge < -0.3 is 10.6 Å². The molecule has 29 heavy (non-hydrogen) atoms. The zero-order valence-electron chi connectivity index (χ0n) is 17.8. The first-order chi connectivity index (χ1) is 13.7. The van der Waals surface area contributed by atoms with Crippen LogP contribution >= 0.6 is 35.3 Å². The van der Waals surface area contributed by atoms with Gasteiger partial charge in [-0.3, -0.25) is 9.89 Å². The van der Waals surface area contributed by atoms with Crippen LogP contribution in [0.5, 0.6) is 0 Å². The second-order valence-electron chi connectivity index (χ2n) is 7.31. The first kappa shape index (κ1) is 24.1. The summed E-state index contributed by atoms with van der Waals surface area (Å²) >= 11 is 1.81. The molecule has 0 radical (unpaired) electrons. The number of thiazole rings is 1. The SMILES string of the molecule is CCNC(=NCC(C)N1CCc2ccccc2C1)NCCc1ncc(CC)s1.I. The second kappa shape index (κ2) is 12.5. The Morgan fingerprint density at radius 1 is 1.24 bits per heavy atom. The van der Waals surface area contributed by atoms with E-state index in [-0.39, 0.29) is 24.0 Å². The van der Waals surface area contributed by atoms with Gasteiger partial charge in [-0.05, 0) is 37.8 Å². The van der Waals surface area contributed by atoms with Crippen LogP contribution in [0.1, 0.15) is 41.8 Å². The number of hydrogen-bond donors (Lipinski definition) is 2. The predicted octanol–water partition coefficient (Wildman–Crippen LogP) is 3.87. The van der Waals surface area contributed by atoms with Gasteiger partial charge in [0.2, 0.25) is 0 Å². The standard InChI is InChI=1S/C22H33N5S.HI/c1-4-20-15-25-21(28-20)10-12-24-22(23-5-2)26-14-17(3)27-13-11-18-8-6-7-9-19(18)16-27;/h6-9,15,17H,4-5,10-14,16H2,1-3H3,(H2,23,24,26);1H. The highest BCUT2D eigenvalue weighted by atomic mass is 127. The summed E-state index contributed by atoms with van der Waals surface area (Å²) in [4.78, 5) is 13.2. The van der Waals surface area contributed by atoms with Crippen molar-refractivity contribution >= 4 is 41.3 Å². The van der Waals surface area contributed by atoms with E-state index in [1.165, 1.54) is 21.0 Å². The predicted molar refractivity (Wildman–Crippen MR) is 135 cm³/mol. The molecular formula is C22H34IN5S. The minimum atomic E-state index is 0. The minimum Gasteiger partial charge on any atom is -0.357 e. The average Bonchev–Trinajstić information content (AvgIpc) is 3.19. The van der Waals surface area contributed by atoms with Crippen molar-refractivity contribution < 1.29 is 0 Å². The highest BCUT2D eigenvalue weighted by Gasteiger charge is 2.20. The van der Waals surface area contributed by atoms with Crippen molar-refractivity contribution in [3.05, 3.63) is 51.5 Å². The fourth-order valence-corrected chi connectivity index (χ4v) is 4.35. The van der Waals surface area contributed by atoms with Gasteiger partial charge in [0.15, 0.2) is 5.96 Å². The summed E-state index contributed by atoms with van der Waals surface area (Å²) < 4.78 is 0. The molecule has 1 aliphatic rings. The molecule has 2 heterocycles. The monoisotopic (exact) mass is 527 g/mol. The number of fused-ring (bicyclic) bond motifs is 1. The molecule has 0 amide bonds. The number of halogens is 1. The molecule has 0 spiro atoms. The van der Waals surface area contributed by atoms with E-state index in [2.05, 4.69) is 65.6 Å². The maximum atomic E-state index is 4.83. The molecule has 1 atom stereocenters. The summed E-state index contributed by atoms with van der Waals surface area (Å²) in [6, 6.07) is 9.23. The van der Waals surface area contributed by atoms with Gasteiger partial charge in [-0.1, -0.05) is 31.2 Å². The Labute approximate surface area is 196 Å². The summed E-state index contributed by atoms with van der Waals surface area (Å²) in [7, 11) is 0. The van der Waals surface area contributed by atoms with E-state index in [0.29, 0.717) is 6.04 Å². The Kier molecular flexibility index (Phi) is 10.4. The van der Waals surface area contributed by atoms with E-state index in [0.717, 1.165) is 57.9 Å². The van der Waals surface area contributed by atoms with E-state index < -0.39 is 0 Å². The lowest BCUT2D eigenvalue weighted by molar-refractivity contribution is 0.195. The Morgan fingerprint density at radius 2 is 2.03 bits per heavy atom. The lowest BCUT2D eigenvalue weighted by Gasteiger charge is -2.33. The molecule has 0 saturated carbocycles. The molecule has 7 heteroatoms. The van der Waals surface area contributed by atoms with Crippen LogP contribution in [0.2, 0.25) is 0 Å². The molecule has 5 nitrogen and oxygen atoms in total. The summed E-state index contributed by atoms with van der Waals surface area (Å²) in [5, 5.41) is 8.01. The average molecular weight is 528 g/mol. The van der Waals surface area contributed by atoms with E-state index in [9.17, 15) is 0 Å². The van der Waals surface area contributed by atoms with Gasteiger partial charge >= 0.3 is 0 Å². The quantitative estimate of drug-likeness (QED) is 0.311. The van der Waals surface area contributed by atoms with Gasteiger partial charge in [-0.15, -0.1) is 35.3 Å². The van der Waals surface area contributed by atoms with Crippen LogP contribution in [0.3, 0.4) is 0 Å². The maximum Gasteiger partial charge on any atom is 0.191 e. The molecule has 1 unspecified atom stereocenters. The normalized spacial score (nSPS) is 15.3. The van der Waals surface area contributed by atoms with Crippen LogP contribution in [-0.2, 0) is 25.8 Å². The molecule has 2 N–H and O–H groups in total. The fraction of sp³-hybridized carbons (Fsp3) is 0.545. The van der Waals surface area contributed by atoms with Crippen molar-refractivity contribution in [1.29, 1.82) is 0 Å². The van der Waals surface area contributed by atoms with Crippen molar-refractivity contribution in [2.75, 3.05) is 26.2 Å². The van der Waals surface area contributed by atoms with Gasteiger partial charge in [-0.2, -0.15) is 0 Å². The van der Waals surface area contributed by atoms with Gasteiger partial charge in [0.25, 0.3) is 0 Å². The summed E-state index contributed by atoms with van der Waals surface area (Å²) in [6.45, 7) is 11.2. The number of aliphatic imine (C=N–C) groups is 1. The van der Waals surface area contributed by atoms with Crippen LogP contribution in [0.4, 0.5) is 0 Å². The third-order valence-corrected chi connectivity index (χ3v) is 6.42. The van der Waals surface area contributed by atoms with Gasteiger partial charge in [0.1, 0.15) is 0 Å². The lowest BCUT2D eigenvalue weighted by atomic mass is 9.99. The zero-order valence-corrected chi connectivity index (χ0v) is 20.9. The molecule has 1 aromatic carbocycles. The van der Waals surface area contributed by atoms with Crippen molar-refractivity contribution in [3.63, 3.8) is 0 Å². The van der Waals surface area contributed by atoms with Crippen LogP contribution in [0, 0.1) is 0 Å². The smallest absolute Gasteiger partial charge is 0.191 e. The Morgan fingerprint density at radius 3 is 2.76 bits per heavy atom. The van der Waals surface area contributed by atoms with Crippen molar-refractivity contribution in [1.82, 2.24) is 20.5 Å². The van der Waals surface area contributed by atoms with Crippen molar-refractivity contribution in [3.8, 4) is 0 Å². The van der Waals surface area contributed by atoms with Crippen LogP contribution in [0.15, 0.2) is 35.5 Å². The molecule has 3 rings (SSSR count). The van der Waals surface area contributed by atoms with E-state index in [4.69, 9.17) is 4.99 Å². The van der Waals surface area contributed by atoms with Crippen LogP contribution in [-0.4, -0.2) is 48.1 Å². The lowest BCUT2D eigenvalue weighted by Crippen LogP contribution is -2.42. The third-order valence-electron chi connectivity index (χ3n) is 5.22. The Bertz CT molecular complexity index is 776. The fourth-order valence-electron chi connectivity index (χ4n) is 3.49. The second-order valence-corrected chi connectivity index (χ2v) is 8.51. The molecular weight excluding hydrogens is 493 g/mol. The van der Waals surface area contributed by atoms with Gasteiger partial charge in [0.05, 0.1) is 11.6 Å². The number of guanidine groups is 1. The molecule has 1 aliphatic heterocycles. The van der Waals surface area contributed by atoms with E-state index >= 15 is 0 Å². The molecule has 1 aromatic heterocycles. The molecule has 0 fully saturated rings. The molecule has 0 bridgehead atoms. The first-order valence-corrected chi connectivity index (χ1v) is 11.3. The molecule has 0 aliphatic carbocycles. The summed E-state index contributed by atoms with van der Waals surface area (Å²) in [6.07, 6.45) is 5.13. The maximum absolute atomic E-state index is 4.83. The van der Waals surface area contributed by atoms with Crippen molar-refractivity contribution in [2.24, 2.45) is 4.99 Å². The Hall–Kier alpha value is -1.19.